The molecule has 1 aliphatic rings. The second-order valence-electron chi connectivity index (χ2n) is 4.25. The number of hydrogen-bond donors (Lipinski definition) is 1. The predicted molar refractivity (Wildman–Crippen MR) is 70.8 cm³/mol. The largest absolute Gasteiger partial charge is 0.315 e. The monoisotopic (exact) mass is 230 g/mol. The van der Waals surface area contributed by atoms with E-state index in [0.717, 1.165) is 12.6 Å². The Hall–Kier alpha value is 0.270. The average molecular weight is 230 g/mol. The molecule has 0 aliphatic carbocycles. The molecular weight excluding hydrogens is 204 g/mol. The zero-order valence-electron chi connectivity index (χ0n) is 10.3. The number of nitrogens with zero attached hydrogens (tertiary/aromatic N) is 1. The third-order valence-electron chi connectivity index (χ3n) is 3.03. The van der Waals surface area contributed by atoms with Gasteiger partial charge in [0.1, 0.15) is 0 Å². The van der Waals surface area contributed by atoms with Crippen molar-refractivity contribution in [2.24, 2.45) is 0 Å². The van der Waals surface area contributed by atoms with E-state index >= 15 is 0 Å². The normalized spacial score (nSPS) is 21.2. The van der Waals surface area contributed by atoms with Gasteiger partial charge in [-0.3, -0.25) is 4.90 Å². The molecule has 3 heteroatoms. The molecule has 2 nitrogen and oxygen atoms in total. The van der Waals surface area contributed by atoms with Crippen LogP contribution in [0.2, 0.25) is 0 Å². The third-order valence-corrected chi connectivity index (χ3v) is 4.07. The van der Waals surface area contributed by atoms with Crippen molar-refractivity contribution >= 4 is 11.8 Å². The van der Waals surface area contributed by atoms with Crippen LogP contribution in [0.4, 0.5) is 0 Å². The summed E-state index contributed by atoms with van der Waals surface area (Å²) in [5, 5.41) is 3.50. The third kappa shape index (κ3) is 5.23. The first kappa shape index (κ1) is 13.3. The molecule has 1 fully saturated rings. The SMILES string of the molecule is CCCC(CNCC)N1CCCSCC1. The molecule has 90 valence electrons. The zero-order valence-corrected chi connectivity index (χ0v) is 11.1. The molecule has 1 heterocycles. The quantitative estimate of drug-likeness (QED) is 0.753. The van der Waals surface area contributed by atoms with Crippen LogP contribution >= 0.6 is 11.8 Å². The first-order valence-corrected chi connectivity index (χ1v) is 7.56. The Bertz CT molecular complexity index is 145. The van der Waals surface area contributed by atoms with Crippen molar-refractivity contribution in [3.05, 3.63) is 0 Å². The molecule has 15 heavy (non-hydrogen) atoms. The van der Waals surface area contributed by atoms with Crippen molar-refractivity contribution in [2.45, 2.75) is 39.2 Å². The number of rotatable bonds is 6. The standard InChI is InChI=1S/C12H26N2S/c1-3-6-12(11-13-4-2)14-7-5-9-15-10-8-14/h12-13H,3-11H2,1-2H3. The summed E-state index contributed by atoms with van der Waals surface area (Å²) >= 11 is 2.12. The molecule has 1 saturated heterocycles. The molecule has 0 radical (unpaired) electrons. The van der Waals surface area contributed by atoms with E-state index in [9.17, 15) is 0 Å². The van der Waals surface area contributed by atoms with Gasteiger partial charge in [0, 0.05) is 24.9 Å². The molecule has 1 aliphatic heterocycles. The van der Waals surface area contributed by atoms with E-state index in [-0.39, 0.29) is 0 Å². The lowest BCUT2D eigenvalue weighted by atomic mass is 10.1. The minimum Gasteiger partial charge on any atom is -0.315 e. The van der Waals surface area contributed by atoms with Crippen LogP contribution in [0.5, 0.6) is 0 Å². The van der Waals surface area contributed by atoms with Crippen molar-refractivity contribution in [2.75, 3.05) is 37.7 Å². The van der Waals surface area contributed by atoms with E-state index in [4.69, 9.17) is 0 Å². The fraction of sp³-hybridized carbons (Fsp3) is 1.00. The molecule has 1 unspecified atom stereocenters. The van der Waals surface area contributed by atoms with Crippen molar-refractivity contribution in [1.29, 1.82) is 0 Å². The number of thioether (sulfide) groups is 1. The highest BCUT2D eigenvalue weighted by molar-refractivity contribution is 7.99. The summed E-state index contributed by atoms with van der Waals surface area (Å²) in [6.45, 7) is 9.37. The number of nitrogens with one attached hydrogen (secondary N) is 1. The Morgan fingerprint density at radius 1 is 1.27 bits per heavy atom. The molecule has 0 bridgehead atoms. The Balaban J connectivity index is 2.36. The summed E-state index contributed by atoms with van der Waals surface area (Å²) in [6.07, 6.45) is 4.02. The summed E-state index contributed by atoms with van der Waals surface area (Å²) < 4.78 is 0. The van der Waals surface area contributed by atoms with Crippen molar-refractivity contribution in [3.63, 3.8) is 0 Å². The molecule has 0 aromatic carbocycles. The lowest BCUT2D eigenvalue weighted by Gasteiger charge is -2.30. The number of likely N-dealkylation sites (N-methyl/N-ethyl adjacent to an activating group) is 1. The Kier molecular flexibility index (Phi) is 7.49. The van der Waals surface area contributed by atoms with Crippen molar-refractivity contribution in [3.8, 4) is 0 Å². The van der Waals surface area contributed by atoms with Crippen LogP contribution in [0.15, 0.2) is 0 Å². The van der Waals surface area contributed by atoms with Gasteiger partial charge in [0.15, 0.2) is 0 Å². The summed E-state index contributed by atoms with van der Waals surface area (Å²) in [5.74, 6) is 2.68. The van der Waals surface area contributed by atoms with Gasteiger partial charge in [-0.2, -0.15) is 11.8 Å². The zero-order chi connectivity index (χ0) is 10.9. The first-order chi connectivity index (χ1) is 7.38. The highest BCUT2D eigenvalue weighted by atomic mass is 32.2. The van der Waals surface area contributed by atoms with Gasteiger partial charge in [0.05, 0.1) is 0 Å². The van der Waals surface area contributed by atoms with Crippen LogP contribution in [0.25, 0.3) is 0 Å². The second-order valence-corrected chi connectivity index (χ2v) is 5.48. The summed E-state index contributed by atoms with van der Waals surface area (Å²) in [7, 11) is 0. The number of hydrogen-bond acceptors (Lipinski definition) is 3. The van der Waals surface area contributed by atoms with Crippen molar-refractivity contribution < 1.29 is 0 Å². The molecule has 1 N–H and O–H groups in total. The van der Waals surface area contributed by atoms with Gasteiger partial charge >= 0.3 is 0 Å². The van der Waals surface area contributed by atoms with Gasteiger partial charge in [0.25, 0.3) is 0 Å². The van der Waals surface area contributed by atoms with E-state index < -0.39 is 0 Å². The molecule has 0 aromatic rings. The first-order valence-electron chi connectivity index (χ1n) is 6.41. The van der Waals surface area contributed by atoms with E-state index in [1.54, 1.807) is 0 Å². The topological polar surface area (TPSA) is 15.3 Å². The smallest absolute Gasteiger partial charge is 0.0220 e. The van der Waals surface area contributed by atoms with Crippen LogP contribution in [0.1, 0.15) is 33.1 Å². The molecule has 0 amide bonds. The summed E-state index contributed by atoms with van der Waals surface area (Å²) in [5.41, 5.74) is 0. The van der Waals surface area contributed by atoms with Gasteiger partial charge in [0.2, 0.25) is 0 Å². The Morgan fingerprint density at radius 2 is 2.13 bits per heavy atom. The highest BCUT2D eigenvalue weighted by Crippen LogP contribution is 2.14. The molecule has 0 aromatic heterocycles. The average Bonchev–Trinajstić information content (AvgIpc) is 2.52. The van der Waals surface area contributed by atoms with E-state index in [1.165, 1.54) is 50.4 Å². The van der Waals surface area contributed by atoms with E-state index in [0.29, 0.717) is 0 Å². The van der Waals surface area contributed by atoms with Crippen LogP contribution in [-0.2, 0) is 0 Å². The molecule has 1 atom stereocenters. The van der Waals surface area contributed by atoms with Gasteiger partial charge in [-0.05, 0) is 31.7 Å². The Morgan fingerprint density at radius 3 is 2.87 bits per heavy atom. The minimum absolute atomic E-state index is 0.772. The maximum Gasteiger partial charge on any atom is 0.0220 e. The van der Waals surface area contributed by atoms with Gasteiger partial charge in [-0.1, -0.05) is 20.3 Å². The fourth-order valence-electron chi connectivity index (χ4n) is 2.19. The molecule has 0 spiro atoms. The summed E-state index contributed by atoms with van der Waals surface area (Å²) in [4.78, 5) is 2.70. The maximum atomic E-state index is 3.50. The van der Waals surface area contributed by atoms with Crippen LogP contribution < -0.4 is 5.32 Å². The molecule has 1 rings (SSSR count). The van der Waals surface area contributed by atoms with Gasteiger partial charge in [-0.25, -0.2) is 0 Å². The van der Waals surface area contributed by atoms with Gasteiger partial charge < -0.3 is 5.32 Å². The van der Waals surface area contributed by atoms with Crippen LogP contribution in [0, 0.1) is 0 Å². The Labute approximate surface area is 99.2 Å². The van der Waals surface area contributed by atoms with Crippen molar-refractivity contribution in [1.82, 2.24) is 10.2 Å². The predicted octanol–water partition coefficient (Wildman–Crippen LogP) is 2.20. The highest BCUT2D eigenvalue weighted by Gasteiger charge is 2.18. The van der Waals surface area contributed by atoms with Crippen LogP contribution in [-0.4, -0.2) is 48.6 Å². The van der Waals surface area contributed by atoms with E-state index in [2.05, 4.69) is 35.8 Å². The van der Waals surface area contributed by atoms with Crippen LogP contribution in [0.3, 0.4) is 0 Å². The molecule has 0 saturated carbocycles. The minimum atomic E-state index is 0.772. The lowest BCUT2D eigenvalue weighted by Crippen LogP contribution is -2.43. The summed E-state index contributed by atoms with van der Waals surface area (Å²) in [6, 6.07) is 0.772. The maximum absolute atomic E-state index is 3.50. The fourth-order valence-corrected chi connectivity index (χ4v) is 3.09. The lowest BCUT2D eigenvalue weighted by molar-refractivity contribution is 0.195. The van der Waals surface area contributed by atoms with E-state index in [1.807, 2.05) is 0 Å². The van der Waals surface area contributed by atoms with Gasteiger partial charge in [-0.15, -0.1) is 0 Å². The second kappa shape index (κ2) is 8.43. The molecular formula is C12H26N2S.